The van der Waals surface area contributed by atoms with Crippen molar-refractivity contribution in [2.24, 2.45) is 0 Å². The Morgan fingerprint density at radius 1 is 1.17 bits per heavy atom. The zero-order chi connectivity index (χ0) is 17.5. The van der Waals surface area contributed by atoms with Crippen LogP contribution >= 0.6 is 0 Å². The number of benzene rings is 1. The number of para-hydroxylation sites is 1. The molecule has 8 nitrogen and oxygen atoms in total. The average molecular weight is 337 g/mol. The van der Waals surface area contributed by atoms with E-state index in [1.54, 1.807) is 6.07 Å². The minimum absolute atomic E-state index is 0.00153. The first-order chi connectivity index (χ1) is 11.5. The molecule has 1 aromatic rings. The van der Waals surface area contributed by atoms with Gasteiger partial charge < -0.3 is 30.1 Å². The number of carboxylic acids is 2. The van der Waals surface area contributed by atoms with Crippen molar-refractivity contribution in [2.75, 3.05) is 19.8 Å². The van der Waals surface area contributed by atoms with Gasteiger partial charge in [-0.1, -0.05) is 12.1 Å². The average Bonchev–Trinajstić information content (AvgIpc) is 2.74. The van der Waals surface area contributed by atoms with Gasteiger partial charge in [-0.3, -0.25) is 0 Å². The predicted molar refractivity (Wildman–Crippen MR) is 83.1 cm³/mol. The lowest BCUT2D eigenvalue weighted by Gasteiger charge is -2.31. The van der Waals surface area contributed by atoms with Gasteiger partial charge in [0, 0.05) is 30.3 Å². The minimum Gasteiger partial charge on any atom is -0.504 e. The van der Waals surface area contributed by atoms with Crippen molar-refractivity contribution >= 4 is 11.9 Å². The zero-order valence-corrected chi connectivity index (χ0v) is 12.8. The number of ether oxygens (including phenoxy) is 2. The van der Waals surface area contributed by atoms with Gasteiger partial charge in [-0.15, -0.1) is 0 Å². The first kappa shape index (κ1) is 17.8. The number of morpholine rings is 1. The standard InChI is InChI=1S/C12H15NO3.C4H4O4/c14-10-3-1-2-8-11-9(13-5-7-16-11)4-6-15-12(8)10;5-3(6)1-2-4(7)8/h1-3,9,11,13-14H,4-7H2;1-2H,(H,5,6)(H,7,8)/b;2-1+. The Kier molecular flexibility index (Phi) is 6.16. The van der Waals surface area contributed by atoms with E-state index in [0.29, 0.717) is 31.1 Å². The highest BCUT2D eigenvalue weighted by Crippen LogP contribution is 2.40. The van der Waals surface area contributed by atoms with Crippen LogP contribution in [0.1, 0.15) is 18.1 Å². The first-order valence-corrected chi connectivity index (χ1v) is 7.42. The summed E-state index contributed by atoms with van der Waals surface area (Å²) in [6.45, 7) is 2.20. The highest BCUT2D eigenvalue weighted by molar-refractivity contribution is 5.89. The normalized spacial score (nSPS) is 22.2. The summed E-state index contributed by atoms with van der Waals surface area (Å²) in [7, 11) is 0. The number of fused-ring (bicyclic) bond motifs is 3. The number of nitrogens with one attached hydrogen (secondary N) is 1. The number of carbonyl (C=O) groups is 2. The summed E-state index contributed by atoms with van der Waals surface area (Å²) in [5.74, 6) is -1.73. The molecule has 0 radical (unpaired) electrons. The Morgan fingerprint density at radius 2 is 1.88 bits per heavy atom. The van der Waals surface area contributed by atoms with E-state index < -0.39 is 11.9 Å². The molecule has 4 N–H and O–H groups in total. The van der Waals surface area contributed by atoms with E-state index in [2.05, 4.69) is 5.32 Å². The molecule has 1 aromatic carbocycles. The summed E-state index contributed by atoms with van der Waals surface area (Å²) in [6.07, 6.45) is 2.02. The molecule has 2 aliphatic rings. The predicted octanol–water partition coefficient (Wildman–Crippen LogP) is 0.916. The fourth-order valence-corrected chi connectivity index (χ4v) is 2.57. The lowest BCUT2D eigenvalue weighted by Crippen LogP contribution is -2.43. The maximum absolute atomic E-state index is 9.77. The van der Waals surface area contributed by atoms with Crippen LogP contribution in [0.5, 0.6) is 11.5 Å². The first-order valence-electron chi connectivity index (χ1n) is 7.42. The number of hydrogen-bond donors (Lipinski definition) is 4. The highest BCUT2D eigenvalue weighted by Gasteiger charge is 2.32. The van der Waals surface area contributed by atoms with Gasteiger partial charge >= 0.3 is 11.9 Å². The van der Waals surface area contributed by atoms with Gasteiger partial charge in [0.25, 0.3) is 0 Å². The molecule has 8 heteroatoms. The molecule has 0 amide bonds. The number of aliphatic carboxylic acids is 2. The molecule has 1 fully saturated rings. The largest absolute Gasteiger partial charge is 0.504 e. The van der Waals surface area contributed by atoms with Gasteiger partial charge in [-0.05, 0) is 12.5 Å². The smallest absolute Gasteiger partial charge is 0.328 e. The molecule has 3 rings (SSSR count). The molecule has 1 saturated heterocycles. The molecule has 130 valence electrons. The molecule has 2 atom stereocenters. The SMILES string of the molecule is O=C(O)/C=C/C(=O)O.Oc1cccc2c1OCCC1NCCOC21. The number of carboxylic acid groups (broad SMARTS) is 2. The van der Waals surface area contributed by atoms with Crippen LogP contribution in [0.25, 0.3) is 0 Å². The lowest BCUT2D eigenvalue weighted by atomic mass is 9.98. The molecule has 0 spiro atoms. The van der Waals surface area contributed by atoms with Crippen molar-refractivity contribution in [3.8, 4) is 11.5 Å². The van der Waals surface area contributed by atoms with Crippen LogP contribution in [0, 0.1) is 0 Å². The maximum Gasteiger partial charge on any atom is 0.328 e. The summed E-state index contributed by atoms with van der Waals surface area (Å²) >= 11 is 0. The van der Waals surface area contributed by atoms with Crippen molar-refractivity contribution in [3.05, 3.63) is 35.9 Å². The second-order valence-corrected chi connectivity index (χ2v) is 5.19. The quantitative estimate of drug-likeness (QED) is 0.587. The topological polar surface area (TPSA) is 125 Å². The highest BCUT2D eigenvalue weighted by atomic mass is 16.5. The Balaban J connectivity index is 0.000000224. The molecule has 2 aliphatic heterocycles. The summed E-state index contributed by atoms with van der Waals surface area (Å²) in [5.41, 5.74) is 0.953. The molecule has 24 heavy (non-hydrogen) atoms. The Bertz CT molecular complexity index is 613. The number of hydrogen-bond acceptors (Lipinski definition) is 6. The molecule has 0 aromatic heterocycles. The fourth-order valence-electron chi connectivity index (χ4n) is 2.57. The van der Waals surface area contributed by atoms with E-state index in [1.165, 1.54) is 0 Å². The summed E-state index contributed by atoms with van der Waals surface area (Å²) < 4.78 is 11.4. The monoisotopic (exact) mass is 337 g/mol. The molecule has 0 aliphatic carbocycles. The van der Waals surface area contributed by atoms with Gasteiger partial charge in [0.15, 0.2) is 11.5 Å². The summed E-state index contributed by atoms with van der Waals surface area (Å²) in [5, 5.41) is 28.8. The van der Waals surface area contributed by atoms with E-state index in [1.807, 2.05) is 12.1 Å². The Hall–Kier alpha value is -2.58. The van der Waals surface area contributed by atoms with Crippen molar-refractivity contribution in [1.29, 1.82) is 0 Å². The van der Waals surface area contributed by atoms with Gasteiger partial charge in [-0.2, -0.15) is 0 Å². The lowest BCUT2D eigenvalue weighted by molar-refractivity contribution is -0.134. The molecule has 0 saturated carbocycles. The second-order valence-electron chi connectivity index (χ2n) is 5.19. The van der Waals surface area contributed by atoms with E-state index in [9.17, 15) is 14.7 Å². The van der Waals surface area contributed by atoms with Crippen molar-refractivity contribution < 1.29 is 34.4 Å². The van der Waals surface area contributed by atoms with Gasteiger partial charge in [-0.25, -0.2) is 9.59 Å². The third-order valence-corrected chi connectivity index (χ3v) is 3.55. The van der Waals surface area contributed by atoms with Crippen LogP contribution in [-0.4, -0.2) is 53.1 Å². The Labute approximate surface area is 138 Å². The van der Waals surface area contributed by atoms with E-state index in [0.717, 1.165) is 18.5 Å². The minimum atomic E-state index is -1.26. The van der Waals surface area contributed by atoms with E-state index in [4.69, 9.17) is 19.7 Å². The van der Waals surface area contributed by atoms with Crippen molar-refractivity contribution in [1.82, 2.24) is 5.32 Å². The van der Waals surface area contributed by atoms with Crippen molar-refractivity contribution in [3.63, 3.8) is 0 Å². The second kappa shape index (κ2) is 8.32. The molecule has 2 unspecified atom stereocenters. The van der Waals surface area contributed by atoms with Crippen LogP contribution in [0.4, 0.5) is 0 Å². The molecule has 2 heterocycles. The van der Waals surface area contributed by atoms with Crippen LogP contribution in [-0.2, 0) is 14.3 Å². The number of phenolic OH excluding ortho intramolecular Hbond substituents is 1. The summed E-state index contributed by atoms with van der Waals surface area (Å²) in [6, 6.07) is 5.73. The van der Waals surface area contributed by atoms with E-state index >= 15 is 0 Å². The molecular formula is C16H19NO7. The van der Waals surface area contributed by atoms with Crippen LogP contribution in [0.2, 0.25) is 0 Å². The summed E-state index contributed by atoms with van der Waals surface area (Å²) in [4.78, 5) is 19.1. The van der Waals surface area contributed by atoms with Crippen LogP contribution in [0.3, 0.4) is 0 Å². The van der Waals surface area contributed by atoms with E-state index in [-0.39, 0.29) is 17.9 Å². The van der Waals surface area contributed by atoms with Crippen LogP contribution in [0.15, 0.2) is 30.4 Å². The number of aromatic hydroxyl groups is 1. The van der Waals surface area contributed by atoms with Gasteiger partial charge in [0.1, 0.15) is 6.10 Å². The number of rotatable bonds is 2. The Morgan fingerprint density at radius 3 is 2.54 bits per heavy atom. The van der Waals surface area contributed by atoms with Gasteiger partial charge in [0.2, 0.25) is 0 Å². The van der Waals surface area contributed by atoms with Crippen LogP contribution < -0.4 is 10.1 Å². The fraction of sp³-hybridized carbons (Fsp3) is 0.375. The molecular weight excluding hydrogens is 318 g/mol. The third-order valence-electron chi connectivity index (χ3n) is 3.55. The van der Waals surface area contributed by atoms with Crippen molar-refractivity contribution in [2.45, 2.75) is 18.6 Å². The maximum atomic E-state index is 9.77. The van der Waals surface area contributed by atoms with Gasteiger partial charge in [0.05, 0.1) is 13.2 Å². The third kappa shape index (κ3) is 4.71. The zero-order valence-electron chi connectivity index (χ0n) is 12.8. The molecule has 0 bridgehead atoms. The number of phenols is 1.